The molecule has 1 amide bonds. The average molecular weight is 346 g/mol. The SMILES string of the molecule is CCCCOCCC(CCOCCCC)CNC(=O)OC(C)(C)C. The largest absolute Gasteiger partial charge is 0.444 e. The first-order valence-electron chi connectivity index (χ1n) is 9.51. The summed E-state index contributed by atoms with van der Waals surface area (Å²) in [5, 5.41) is 2.87. The first-order valence-corrected chi connectivity index (χ1v) is 9.51. The van der Waals surface area contributed by atoms with Crippen molar-refractivity contribution in [2.75, 3.05) is 33.0 Å². The van der Waals surface area contributed by atoms with Crippen LogP contribution in [0.5, 0.6) is 0 Å². The maximum absolute atomic E-state index is 11.8. The number of unbranched alkanes of at least 4 members (excludes halogenated alkanes) is 2. The van der Waals surface area contributed by atoms with Crippen molar-refractivity contribution in [3.63, 3.8) is 0 Å². The second kappa shape index (κ2) is 14.5. The number of hydrogen-bond donors (Lipinski definition) is 1. The molecular formula is C19H39NO4. The molecule has 0 saturated carbocycles. The van der Waals surface area contributed by atoms with Crippen molar-refractivity contribution in [2.24, 2.45) is 5.92 Å². The normalized spacial score (nSPS) is 11.8. The van der Waals surface area contributed by atoms with Crippen molar-refractivity contribution in [1.29, 1.82) is 0 Å². The first kappa shape index (κ1) is 23.2. The van der Waals surface area contributed by atoms with Crippen LogP contribution in [0.3, 0.4) is 0 Å². The third-order valence-corrected chi connectivity index (χ3v) is 3.56. The van der Waals surface area contributed by atoms with Crippen LogP contribution in [0, 0.1) is 5.92 Å². The Morgan fingerprint density at radius 2 is 1.42 bits per heavy atom. The van der Waals surface area contributed by atoms with Crippen molar-refractivity contribution in [3.8, 4) is 0 Å². The Balaban J connectivity index is 4.07. The van der Waals surface area contributed by atoms with Gasteiger partial charge in [0.05, 0.1) is 0 Å². The van der Waals surface area contributed by atoms with E-state index >= 15 is 0 Å². The van der Waals surface area contributed by atoms with Crippen molar-refractivity contribution in [3.05, 3.63) is 0 Å². The summed E-state index contributed by atoms with van der Waals surface area (Å²) in [5.74, 6) is 0.348. The summed E-state index contributed by atoms with van der Waals surface area (Å²) in [6.07, 6.45) is 5.99. The lowest BCUT2D eigenvalue weighted by atomic mass is 10.0. The highest BCUT2D eigenvalue weighted by Crippen LogP contribution is 2.11. The molecule has 0 bridgehead atoms. The highest BCUT2D eigenvalue weighted by molar-refractivity contribution is 5.67. The number of ether oxygens (including phenoxy) is 3. The Bertz CT molecular complexity index is 288. The van der Waals surface area contributed by atoms with E-state index in [1.807, 2.05) is 20.8 Å². The monoisotopic (exact) mass is 345 g/mol. The fourth-order valence-corrected chi connectivity index (χ4v) is 2.09. The van der Waals surface area contributed by atoms with Gasteiger partial charge in [0, 0.05) is 33.0 Å². The minimum Gasteiger partial charge on any atom is -0.444 e. The summed E-state index contributed by atoms with van der Waals surface area (Å²) in [6.45, 7) is 13.6. The number of carbonyl (C=O) groups is 1. The van der Waals surface area contributed by atoms with Crippen molar-refractivity contribution in [2.45, 2.75) is 78.7 Å². The molecule has 24 heavy (non-hydrogen) atoms. The van der Waals surface area contributed by atoms with E-state index in [0.717, 1.165) is 65.0 Å². The molecule has 0 aromatic carbocycles. The smallest absolute Gasteiger partial charge is 0.407 e. The maximum atomic E-state index is 11.8. The molecule has 0 aliphatic carbocycles. The molecule has 0 aromatic heterocycles. The molecule has 144 valence electrons. The molecule has 5 heteroatoms. The second-order valence-corrected chi connectivity index (χ2v) is 7.26. The zero-order valence-corrected chi connectivity index (χ0v) is 16.5. The predicted octanol–water partition coefficient (Wildman–Crippen LogP) is 4.54. The standard InChI is InChI=1S/C19H39NO4/c1-6-8-12-22-14-10-17(11-15-23-13-9-7-2)16-20-18(21)24-19(3,4)5/h17H,6-16H2,1-5H3,(H,20,21). The molecule has 0 aromatic rings. The molecule has 0 radical (unpaired) electrons. The van der Waals surface area contributed by atoms with E-state index in [-0.39, 0.29) is 6.09 Å². The van der Waals surface area contributed by atoms with Gasteiger partial charge in [-0.3, -0.25) is 0 Å². The molecule has 0 aliphatic rings. The van der Waals surface area contributed by atoms with Gasteiger partial charge < -0.3 is 19.5 Å². The lowest BCUT2D eigenvalue weighted by Gasteiger charge is -2.22. The summed E-state index contributed by atoms with van der Waals surface area (Å²) >= 11 is 0. The van der Waals surface area contributed by atoms with Gasteiger partial charge in [0.15, 0.2) is 0 Å². The molecule has 0 rings (SSSR count). The molecule has 0 saturated heterocycles. The molecule has 0 aliphatic heterocycles. The summed E-state index contributed by atoms with van der Waals surface area (Å²) in [6, 6.07) is 0. The molecule has 0 atom stereocenters. The quantitative estimate of drug-likeness (QED) is 0.470. The zero-order chi connectivity index (χ0) is 18.3. The molecule has 0 heterocycles. The van der Waals surface area contributed by atoms with Gasteiger partial charge >= 0.3 is 6.09 Å². The van der Waals surface area contributed by atoms with Gasteiger partial charge in [-0.25, -0.2) is 4.79 Å². The Hall–Kier alpha value is -0.810. The maximum Gasteiger partial charge on any atom is 0.407 e. The predicted molar refractivity (Wildman–Crippen MR) is 98.4 cm³/mol. The summed E-state index contributed by atoms with van der Waals surface area (Å²) in [7, 11) is 0. The van der Waals surface area contributed by atoms with Crippen molar-refractivity contribution < 1.29 is 19.0 Å². The van der Waals surface area contributed by atoms with Crippen molar-refractivity contribution in [1.82, 2.24) is 5.32 Å². The molecular weight excluding hydrogens is 306 g/mol. The summed E-state index contributed by atoms with van der Waals surface area (Å²) < 4.78 is 16.6. The average Bonchev–Trinajstić information content (AvgIpc) is 2.49. The lowest BCUT2D eigenvalue weighted by molar-refractivity contribution is 0.0498. The Kier molecular flexibility index (Phi) is 14.0. The third-order valence-electron chi connectivity index (χ3n) is 3.56. The van der Waals surface area contributed by atoms with Crippen LogP contribution in [-0.4, -0.2) is 44.7 Å². The van der Waals surface area contributed by atoms with Crippen LogP contribution in [0.25, 0.3) is 0 Å². The van der Waals surface area contributed by atoms with Crippen LogP contribution in [0.2, 0.25) is 0 Å². The Labute approximate surface area is 148 Å². The molecule has 0 fully saturated rings. The summed E-state index contributed by atoms with van der Waals surface area (Å²) in [4.78, 5) is 11.8. The van der Waals surface area contributed by atoms with E-state index < -0.39 is 5.60 Å². The van der Waals surface area contributed by atoms with E-state index in [4.69, 9.17) is 14.2 Å². The Morgan fingerprint density at radius 3 is 1.83 bits per heavy atom. The fraction of sp³-hybridized carbons (Fsp3) is 0.947. The minimum absolute atomic E-state index is 0.348. The summed E-state index contributed by atoms with van der Waals surface area (Å²) in [5.41, 5.74) is -0.466. The van der Waals surface area contributed by atoms with Gasteiger partial charge in [-0.1, -0.05) is 26.7 Å². The van der Waals surface area contributed by atoms with Gasteiger partial charge in [-0.2, -0.15) is 0 Å². The van der Waals surface area contributed by atoms with E-state index in [1.165, 1.54) is 0 Å². The molecule has 0 unspecified atom stereocenters. The molecule has 0 spiro atoms. The number of carbonyl (C=O) groups excluding carboxylic acids is 1. The van der Waals surface area contributed by atoms with Gasteiger partial charge in [-0.15, -0.1) is 0 Å². The Morgan fingerprint density at radius 1 is 0.917 bits per heavy atom. The molecule has 1 N–H and O–H groups in total. The van der Waals surface area contributed by atoms with Gasteiger partial charge in [0.1, 0.15) is 5.60 Å². The van der Waals surface area contributed by atoms with E-state index in [0.29, 0.717) is 12.5 Å². The van der Waals surface area contributed by atoms with Crippen LogP contribution < -0.4 is 5.32 Å². The third kappa shape index (κ3) is 16.1. The topological polar surface area (TPSA) is 56.8 Å². The number of hydrogen-bond acceptors (Lipinski definition) is 4. The fourth-order valence-electron chi connectivity index (χ4n) is 2.09. The van der Waals surface area contributed by atoms with E-state index in [2.05, 4.69) is 19.2 Å². The second-order valence-electron chi connectivity index (χ2n) is 7.26. The number of alkyl carbamates (subject to hydrolysis) is 1. The molecule has 5 nitrogen and oxygen atoms in total. The van der Waals surface area contributed by atoms with E-state index in [9.17, 15) is 4.79 Å². The zero-order valence-electron chi connectivity index (χ0n) is 16.5. The number of nitrogens with one attached hydrogen (secondary N) is 1. The van der Waals surface area contributed by atoms with Gasteiger partial charge in [0.2, 0.25) is 0 Å². The highest BCUT2D eigenvalue weighted by Gasteiger charge is 2.17. The van der Waals surface area contributed by atoms with Gasteiger partial charge in [-0.05, 0) is 52.4 Å². The first-order chi connectivity index (χ1) is 11.4. The van der Waals surface area contributed by atoms with Gasteiger partial charge in [0.25, 0.3) is 0 Å². The van der Waals surface area contributed by atoms with Crippen LogP contribution in [0.15, 0.2) is 0 Å². The van der Waals surface area contributed by atoms with Crippen LogP contribution in [0.1, 0.15) is 73.1 Å². The van der Waals surface area contributed by atoms with Crippen molar-refractivity contribution >= 4 is 6.09 Å². The minimum atomic E-state index is -0.466. The lowest BCUT2D eigenvalue weighted by Crippen LogP contribution is -2.35. The highest BCUT2D eigenvalue weighted by atomic mass is 16.6. The van der Waals surface area contributed by atoms with Crippen LogP contribution in [0.4, 0.5) is 4.79 Å². The van der Waals surface area contributed by atoms with E-state index in [1.54, 1.807) is 0 Å². The number of amides is 1. The van der Waals surface area contributed by atoms with Crippen LogP contribution in [-0.2, 0) is 14.2 Å². The van der Waals surface area contributed by atoms with Crippen LogP contribution >= 0.6 is 0 Å². The number of rotatable bonds is 14.